The maximum Gasteiger partial charge on any atom is 0.257 e. The van der Waals surface area contributed by atoms with Crippen LogP contribution in [0.1, 0.15) is 62.5 Å². The smallest absolute Gasteiger partial charge is 0.257 e. The minimum absolute atomic E-state index is 0.110. The maximum atomic E-state index is 13.0. The molecular formula is C17H27N3O2. The number of hydrogen-bond donors (Lipinski definition) is 0. The van der Waals surface area contributed by atoms with Gasteiger partial charge in [0, 0.05) is 12.2 Å². The van der Waals surface area contributed by atoms with Gasteiger partial charge in [0.05, 0.1) is 36.1 Å². The van der Waals surface area contributed by atoms with E-state index >= 15 is 0 Å². The van der Waals surface area contributed by atoms with E-state index in [1.54, 1.807) is 6.20 Å². The lowest BCUT2D eigenvalue weighted by Crippen LogP contribution is -2.54. The molecule has 3 rings (SSSR count). The van der Waals surface area contributed by atoms with Gasteiger partial charge in [-0.05, 0) is 40.5 Å². The van der Waals surface area contributed by atoms with E-state index in [2.05, 4.69) is 25.9 Å². The molecule has 22 heavy (non-hydrogen) atoms. The number of fused-ring (bicyclic) bond motifs is 1. The summed E-state index contributed by atoms with van der Waals surface area (Å²) in [6.07, 6.45) is 6.50. The van der Waals surface area contributed by atoms with Crippen molar-refractivity contribution in [2.45, 2.75) is 71.1 Å². The average Bonchev–Trinajstić information content (AvgIpc) is 2.87. The van der Waals surface area contributed by atoms with Gasteiger partial charge in [0.1, 0.15) is 0 Å². The molecule has 0 radical (unpaired) electrons. The zero-order valence-electron chi connectivity index (χ0n) is 14.1. The van der Waals surface area contributed by atoms with Crippen molar-refractivity contribution >= 4 is 5.91 Å². The molecule has 1 saturated heterocycles. The van der Waals surface area contributed by atoms with Crippen molar-refractivity contribution in [3.63, 3.8) is 0 Å². The number of carbonyl (C=O) groups is 1. The van der Waals surface area contributed by atoms with Crippen LogP contribution in [-0.2, 0) is 10.3 Å². The lowest BCUT2D eigenvalue weighted by Gasteiger charge is -2.43. The fourth-order valence-electron chi connectivity index (χ4n) is 3.80. The molecule has 1 aromatic heterocycles. The van der Waals surface area contributed by atoms with E-state index in [0.29, 0.717) is 13.2 Å². The molecule has 0 unspecified atom stereocenters. The van der Waals surface area contributed by atoms with E-state index in [4.69, 9.17) is 4.74 Å². The largest absolute Gasteiger partial charge is 0.374 e. The van der Waals surface area contributed by atoms with Crippen LogP contribution in [0.2, 0.25) is 0 Å². The molecule has 1 aromatic rings. The van der Waals surface area contributed by atoms with E-state index in [9.17, 15) is 4.79 Å². The molecule has 2 atom stereocenters. The summed E-state index contributed by atoms with van der Waals surface area (Å²) >= 11 is 0. The van der Waals surface area contributed by atoms with Crippen LogP contribution < -0.4 is 0 Å². The molecule has 2 heterocycles. The second kappa shape index (κ2) is 5.69. The van der Waals surface area contributed by atoms with Crippen molar-refractivity contribution in [2.24, 2.45) is 0 Å². The molecule has 5 heteroatoms. The molecule has 1 aliphatic heterocycles. The number of hydrogen-bond acceptors (Lipinski definition) is 3. The standard InChI is InChI=1S/C17H27N3O2/c1-12-13(11-18-20(12)17(2,3)4)16(21)19-9-10-22-15-8-6-5-7-14(15)19/h11,14-15H,5-10H2,1-4H3/t14-,15+/m1/s1. The molecule has 2 aliphatic rings. The van der Waals surface area contributed by atoms with Crippen LogP contribution in [0, 0.1) is 6.92 Å². The summed E-state index contributed by atoms with van der Waals surface area (Å²) in [5.41, 5.74) is 1.58. The normalized spacial score (nSPS) is 25.9. The number of rotatable bonds is 1. The van der Waals surface area contributed by atoms with Gasteiger partial charge in [0.15, 0.2) is 0 Å². The van der Waals surface area contributed by atoms with Crippen LogP contribution in [0.15, 0.2) is 6.20 Å². The molecule has 0 aromatic carbocycles. The molecule has 1 saturated carbocycles. The van der Waals surface area contributed by atoms with Crippen molar-refractivity contribution in [1.29, 1.82) is 0 Å². The average molecular weight is 305 g/mol. The monoisotopic (exact) mass is 305 g/mol. The van der Waals surface area contributed by atoms with Gasteiger partial charge in [0.2, 0.25) is 0 Å². The van der Waals surface area contributed by atoms with Gasteiger partial charge in [-0.15, -0.1) is 0 Å². The minimum Gasteiger partial charge on any atom is -0.374 e. The first-order valence-electron chi connectivity index (χ1n) is 8.37. The van der Waals surface area contributed by atoms with Crippen molar-refractivity contribution in [3.05, 3.63) is 17.5 Å². The molecule has 122 valence electrons. The van der Waals surface area contributed by atoms with E-state index < -0.39 is 0 Å². The first-order chi connectivity index (χ1) is 10.4. The Kier molecular flexibility index (Phi) is 4.02. The van der Waals surface area contributed by atoms with Gasteiger partial charge in [0.25, 0.3) is 5.91 Å². The second-order valence-electron chi connectivity index (χ2n) is 7.49. The summed E-state index contributed by atoms with van der Waals surface area (Å²) < 4.78 is 7.82. The van der Waals surface area contributed by atoms with Gasteiger partial charge in [-0.1, -0.05) is 12.8 Å². The highest BCUT2D eigenvalue weighted by Crippen LogP contribution is 2.30. The number of morpholine rings is 1. The molecule has 0 N–H and O–H groups in total. The highest BCUT2D eigenvalue weighted by Gasteiger charge is 2.38. The number of carbonyl (C=O) groups excluding carboxylic acids is 1. The van der Waals surface area contributed by atoms with Gasteiger partial charge in [-0.3, -0.25) is 9.48 Å². The zero-order valence-corrected chi connectivity index (χ0v) is 14.1. The topological polar surface area (TPSA) is 47.4 Å². The fourth-order valence-corrected chi connectivity index (χ4v) is 3.80. The Balaban J connectivity index is 1.86. The first-order valence-corrected chi connectivity index (χ1v) is 8.37. The minimum atomic E-state index is -0.110. The Morgan fingerprint density at radius 3 is 2.73 bits per heavy atom. The van der Waals surface area contributed by atoms with E-state index in [1.165, 1.54) is 12.8 Å². The van der Waals surface area contributed by atoms with Crippen LogP contribution >= 0.6 is 0 Å². The van der Waals surface area contributed by atoms with Crippen LogP contribution in [-0.4, -0.2) is 45.9 Å². The quantitative estimate of drug-likeness (QED) is 0.801. The third kappa shape index (κ3) is 2.67. The zero-order chi connectivity index (χ0) is 15.9. The summed E-state index contributed by atoms with van der Waals surface area (Å²) in [6.45, 7) is 9.65. The van der Waals surface area contributed by atoms with E-state index in [1.807, 2.05) is 16.5 Å². The van der Waals surface area contributed by atoms with Crippen molar-refractivity contribution < 1.29 is 9.53 Å². The van der Waals surface area contributed by atoms with Crippen LogP contribution in [0.5, 0.6) is 0 Å². The molecule has 2 fully saturated rings. The first kappa shape index (κ1) is 15.5. The predicted octanol–water partition coefficient (Wildman–Crippen LogP) is 2.73. The summed E-state index contributed by atoms with van der Waals surface area (Å²) in [4.78, 5) is 15.1. The van der Waals surface area contributed by atoms with Crippen LogP contribution in [0.3, 0.4) is 0 Å². The maximum absolute atomic E-state index is 13.0. The molecule has 0 bridgehead atoms. The van der Waals surface area contributed by atoms with Gasteiger partial charge >= 0.3 is 0 Å². The van der Waals surface area contributed by atoms with Gasteiger partial charge < -0.3 is 9.64 Å². The summed E-state index contributed by atoms with van der Waals surface area (Å²) in [5, 5.41) is 4.44. The highest BCUT2D eigenvalue weighted by molar-refractivity contribution is 5.95. The molecule has 5 nitrogen and oxygen atoms in total. The highest BCUT2D eigenvalue weighted by atomic mass is 16.5. The lowest BCUT2D eigenvalue weighted by molar-refractivity contribution is -0.0753. The Morgan fingerprint density at radius 2 is 2.05 bits per heavy atom. The molecule has 1 aliphatic carbocycles. The number of aromatic nitrogens is 2. The predicted molar refractivity (Wildman–Crippen MR) is 85.0 cm³/mol. The van der Waals surface area contributed by atoms with Gasteiger partial charge in [-0.25, -0.2) is 0 Å². The summed E-state index contributed by atoms with van der Waals surface area (Å²) in [6, 6.07) is 0.243. The second-order valence-corrected chi connectivity index (χ2v) is 7.49. The Labute approximate surface area is 132 Å². The van der Waals surface area contributed by atoms with E-state index in [-0.39, 0.29) is 23.6 Å². The molecule has 1 amide bonds. The van der Waals surface area contributed by atoms with Gasteiger partial charge in [-0.2, -0.15) is 5.10 Å². The number of ether oxygens (including phenoxy) is 1. The van der Waals surface area contributed by atoms with Crippen molar-refractivity contribution in [3.8, 4) is 0 Å². The third-order valence-electron chi connectivity index (χ3n) is 4.87. The van der Waals surface area contributed by atoms with E-state index in [0.717, 1.165) is 24.1 Å². The number of nitrogens with zero attached hydrogens (tertiary/aromatic N) is 3. The molecule has 0 spiro atoms. The Morgan fingerprint density at radius 1 is 1.32 bits per heavy atom. The Bertz CT molecular complexity index is 557. The van der Waals surface area contributed by atoms with Crippen LogP contribution in [0.4, 0.5) is 0 Å². The van der Waals surface area contributed by atoms with Crippen molar-refractivity contribution in [1.82, 2.24) is 14.7 Å². The summed E-state index contributed by atoms with van der Waals surface area (Å²) in [5.74, 6) is 0.119. The summed E-state index contributed by atoms with van der Waals surface area (Å²) in [7, 11) is 0. The fraction of sp³-hybridized carbons (Fsp3) is 0.765. The SMILES string of the molecule is Cc1c(C(=O)N2CCO[C@H]3CCCC[C@H]32)cnn1C(C)(C)C. The Hall–Kier alpha value is -1.36. The number of amides is 1. The lowest BCUT2D eigenvalue weighted by atomic mass is 9.89. The molecular weight excluding hydrogens is 278 g/mol. The van der Waals surface area contributed by atoms with Crippen LogP contribution in [0.25, 0.3) is 0 Å². The third-order valence-corrected chi connectivity index (χ3v) is 4.87. The van der Waals surface area contributed by atoms with Crippen molar-refractivity contribution in [2.75, 3.05) is 13.2 Å².